The fourth-order valence-electron chi connectivity index (χ4n) is 4.53. The minimum Gasteiger partial charge on any atom is -0.394 e. The first-order valence-electron chi connectivity index (χ1n) is 11.2. The van der Waals surface area contributed by atoms with Gasteiger partial charge < -0.3 is 25.0 Å². The van der Waals surface area contributed by atoms with E-state index in [1.54, 1.807) is 37.3 Å². The van der Waals surface area contributed by atoms with Crippen molar-refractivity contribution >= 4 is 9.84 Å². The van der Waals surface area contributed by atoms with Gasteiger partial charge in [-0.2, -0.15) is 0 Å². The van der Waals surface area contributed by atoms with Gasteiger partial charge in [-0.25, -0.2) is 17.2 Å². The molecule has 2 aromatic rings. The van der Waals surface area contributed by atoms with Crippen LogP contribution in [0.1, 0.15) is 28.9 Å². The molecule has 10 heteroatoms. The lowest BCUT2D eigenvalue weighted by Crippen LogP contribution is -2.53. The Morgan fingerprint density at radius 2 is 1.91 bits per heavy atom. The summed E-state index contributed by atoms with van der Waals surface area (Å²) in [4.78, 5) is 0. The zero-order valence-electron chi connectivity index (χ0n) is 18.8. The number of halogens is 2. The summed E-state index contributed by atoms with van der Waals surface area (Å²) in [5.41, 5.74) is -0.722. The minimum absolute atomic E-state index is 0.0302. The van der Waals surface area contributed by atoms with Crippen LogP contribution >= 0.6 is 0 Å². The molecule has 0 radical (unpaired) electrons. The van der Waals surface area contributed by atoms with Crippen molar-refractivity contribution in [3.05, 3.63) is 70.8 Å². The maximum Gasteiger partial charge on any atom is 0.163 e. The molecule has 186 valence electrons. The number of hydrogen-bond donors (Lipinski definition) is 3. The van der Waals surface area contributed by atoms with E-state index in [2.05, 4.69) is 5.32 Å². The molecule has 2 aromatic carbocycles. The summed E-state index contributed by atoms with van der Waals surface area (Å²) in [6.07, 6.45) is -1.34. The summed E-state index contributed by atoms with van der Waals surface area (Å²) < 4.78 is 68.0. The third kappa shape index (κ3) is 4.75. The van der Waals surface area contributed by atoms with Gasteiger partial charge in [0.2, 0.25) is 0 Å². The van der Waals surface area contributed by atoms with Gasteiger partial charge >= 0.3 is 0 Å². The molecule has 0 bridgehead atoms. The van der Waals surface area contributed by atoms with Crippen molar-refractivity contribution in [3.63, 3.8) is 0 Å². The lowest BCUT2D eigenvalue weighted by Gasteiger charge is -2.42. The molecule has 4 rings (SSSR count). The van der Waals surface area contributed by atoms with Crippen LogP contribution < -0.4 is 5.32 Å². The van der Waals surface area contributed by atoms with E-state index >= 15 is 8.78 Å². The molecule has 2 aliphatic heterocycles. The average molecular weight is 498 g/mol. The third-order valence-corrected chi connectivity index (χ3v) is 9.30. The molecule has 34 heavy (non-hydrogen) atoms. The molecule has 0 saturated carbocycles. The number of nitrogens with one attached hydrogen (secondary N) is 1. The van der Waals surface area contributed by atoms with E-state index in [1.165, 1.54) is 0 Å². The summed E-state index contributed by atoms with van der Waals surface area (Å²) in [6, 6.07) is 10.4. The molecule has 4 atom stereocenters. The molecule has 7 nitrogen and oxygen atoms in total. The van der Waals surface area contributed by atoms with Crippen molar-refractivity contribution < 1.29 is 36.9 Å². The Morgan fingerprint density at radius 1 is 1.21 bits per heavy atom. The Kier molecular flexibility index (Phi) is 7.37. The Balaban J connectivity index is 1.60. The molecule has 2 saturated heterocycles. The number of aliphatic hydroxyl groups excluding tert-OH is 2. The maximum atomic E-state index is 15.2. The summed E-state index contributed by atoms with van der Waals surface area (Å²) in [5.74, 6) is -1.48. The molecule has 3 N–H and O–H groups in total. The van der Waals surface area contributed by atoms with Crippen molar-refractivity contribution in [2.45, 2.75) is 41.6 Å². The second-order valence-electron chi connectivity index (χ2n) is 8.99. The summed E-state index contributed by atoms with van der Waals surface area (Å²) in [5, 5.41) is 20.0. The predicted octanol–water partition coefficient (Wildman–Crippen LogP) is 1.62. The van der Waals surface area contributed by atoms with Gasteiger partial charge in [-0.15, -0.1) is 0 Å². The number of aliphatic hydroxyl groups is 2. The first kappa shape index (κ1) is 25.2. The standard InChI is InChI=1S/C24H29F2NO6S/c1-15-22(34(30,31)23(10-27-15)16-5-3-2-4-6-16)8-17-7-21(26)19(9-20(17)25)24(13-32-14-24)33-12-18(29)11-28/h2-7,9,15,18,22-23,27-29H,8,10-14H2,1H3/t15-,18?,22?,23-/m0/s1. The van der Waals surface area contributed by atoms with Gasteiger partial charge in [0.15, 0.2) is 9.84 Å². The fraction of sp³-hybridized carbons (Fsp3) is 0.500. The van der Waals surface area contributed by atoms with Crippen LogP contribution in [-0.4, -0.2) is 69.0 Å². The highest BCUT2D eigenvalue weighted by atomic mass is 32.2. The number of ether oxygens (including phenoxy) is 2. The first-order chi connectivity index (χ1) is 16.2. The summed E-state index contributed by atoms with van der Waals surface area (Å²) in [7, 11) is -3.70. The highest BCUT2D eigenvalue weighted by Crippen LogP contribution is 2.38. The second-order valence-corrected chi connectivity index (χ2v) is 11.3. The number of sulfone groups is 1. The lowest BCUT2D eigenvalue weighted by molar-refractivity contribution is -0.228. The van der Waals surface area contributed by atoms with Crippen molar-refractivity contribution in [1.29, 1.82) is 0 Å². The van der Waals surface area contributed by atoms with E-state index in [4.69, 9.17) is 14.6 Å². The number of benzene rings is 2. The van der Waals surface area contributed by atoms with Gasteiger partial charge in [-0.1, -0.05) is 30.3 Å². The zero-order chi connectivity index (χ0) is 24.5. The largest absolute Gasteiger partial charge is 0.394 e. The van der Waals surface area contributed by atoms with E-state index in [1.807, 2.05) is 0 Å². The summed E-state index contributed by atoms with van der Waals surface area (Å²) in [6.45, 7) is 1.12. The van der Waals surface area contributed by atoms with E-state index in [9.17, 15) is 13.5 Å². The summed E-state index contributed by atoms with van der Waals surface area (Å²) >= 11 is 0. The van der Waals surface area contributed by atoms with Crippen LogP contribution in [0.2, 0.25) is 0 Å². The zero-order valence-corrected chi connectivity index (χ0v) is 19.6. The molecule has 2 aliphatic rings. The molecule has 0 spiro atoms. The molecular weight excluding hydrogens is 468 g/mol. The normalized spacial score (nSPS) is 26.6. The van der Waals surface area contributed by atoms with E-state index in [0.29, 0.717) is 5.56 Å². The molecule has 2 fully saturated rings. The van der Waals surface area contributed by atoms with Crippen LogP contribution in [0.25, 0.3) is 0 Å². The van der Waals surface area contributed by atoms with Crippen LogP contribution in [-0.2, 0) is 31.3 Å². The van der Waals surface area contributed by atoms with Gasteiger partial charge in [-0.3, -0.25) is 0 Å². The van der Waals surface area contributed by atoms with E-state index < -0.39 is 56.3 Å². The van der Waals surface area contributed by atoms with Crippen LogP contribution in [0.4, 0.5) is 8.78 Å². The van der Waals surface area contributed by atoms with Gasteiger partial charge in [0.05, 0.1) is 36.9 Å². The molecule has 2 heterocycles. The molecule has 0 amide bonds. The topological polar surface area (TPSA) is 105 Å². The first-order valence-corrected chi connectivity index (χ1v) is 12.8. The number of rotatable bonds is 8. The third-order valence-electron chi connectivity index (χ3n) is 6.65. The van der Waals surface area contributed by atoms with E-state index in [0.717, 1.165) is 12.1 Å². The van der Waals surface area contributed by atoms with Gasteiger partial charge in [0.25, 0.3) is 0 Å². The molecule has 0 aromatic heterocycles. The van der Waals surface area contributed by atoms with Gasteiger partial charge in [0.1, 0.15) is 23.3 Å². The van der Waals surface area contributed by atoms with Crippen LogP contribution in [0, 0.1) is 11.6 Å². The van der Waals surface area contributed by atoms with Crippen LogP contribution in [0.3, 0.4) is 0 Å². The monoisotopic (exact) mass is 497 g/mol. The fourth-order valence-corrected chi connectivity index (χ4v) is 6.89. The highest BCUT2D eigenvalue weighted by molar-refractivity contribution is 7.92. The molecule has 2 unspecified atom stereocenters. The average Bonchev–Trinajstić information content (AvgIpc) is 2.78. The predicted molar refractivity (Wildman–Crippen MR) is 121 cm³/mol. The minimum atomic E-state index is -3.70. The maximum absolute atomic E-state index is 15.2. The molecular formula is C24H29F2NO6S. The number of hydrogen-bond acceptors (Lipinski definition) is 7. The van der Waals surface area contributed by atoms with Gasteiger partial charge in [-0.05, 0) is 36.6 Å². The van der Waals surface area contributed by atoms with Crippen molar-refractivity contribution in [3.8, 4) is 0 Å². The Bertz CT molecular complexity index is 1110. The van der Waals surface area contributed by atoms with Crippen molar-refractivity contribution in [2.75, 3.05) is 33.0 Å². The van der Waals surface area contributed by atoms with Gasteiger partial charge in [0, 0.05) is 18.2 Å². The Hall–Kier alpha value is -1.95. The van der Waals surface area contributed by atoms with E-state index in [-0.39, 0.29) is 43.9 Å². The Labute approximate surface area is 197 Å². The smallest absolute Gasteiger partial charge is 0.163 e. The SMILES string of the molecule is C[C@@H]1NC[C@@H](c2ccccc2)S(=O)(=O)C1Cc1cc(F)c(C2(OCC(O)CO)COC2)cc1F. The quantitative estimate of drug-likeness (QED) is 0.509. The van der Waals surface area contributed by atoms with Crippen LogP contribution in [0.15, 0.2) is 42.5 Å². The van der Waals surface area contributed by atoms with Crippen molar-refractivity contribution in [1.82, 2.24) is 5.32 Å². The van der Waals surface area contributed by atoms with Crippen molar-refractivity contribution in [2.24, 2.45) is 0 Å². The van der Waals surface area contributed by atoms with Crippen LogP contribution in [0.5, 0.6) is 0 Å². The highest BCUT2D eigenvalue weighted by Gasteiger charge is 2.46. The lowest BCUT2D eigenvalue weighted by atomic mass is 9.89. The molecule has 0 aliphatic carbocycles. The Morgan fingerprint density at radius 3 is 2.53 bits per heavy atom. The second kappa shape index (κ2) is 9.96.